The van der Waals surface area contributed by atoms with Crippen LogP contribution in [0, 0.1) is 5.82 Å². The van der Waals surface area contributed by atoms with Crippen molar-refractivity contribution in [3.63, 3.8) is 0 Å². The molecule has 1 aromatic rings. The molecule has 0 aliphatic carbocycles. The van der Waals surface area contributed by atoms with Gasteiger partial charge in [0.1, 0.15) is 17.0 Å². The van der Waals surface area contributed by atoms with Crippen molar-refractivity contribution >= 4 is 11.7 Å². The average molecular weight is 294 g/mol. The summed E-state index contributed by atoms with van der Waals surface area (Å²) in [5, 5.41) is 6.25. The molecule has 1 fully saturated rings. The van der Waals surface area contributed by atoms with Gasteiger partial charge in [-0.1, -0.05) is 12.1 Å². The van der Waals surface area contributed by atoms with Gasteiger partial charge in [0.15, 0.2) is 0 Å². The van der Waals surface area contributed by atoms with E-state index in [2.05, 4.69) is 10.6 Å². The van der Waals surface area contributed by atoms with Crippen LogP contribution in [-0.4, -0.2) is 30.2 Å². The predicted octanol–water partition coefficient (Wildman–Crippen LogP) is 2.70. The normalized spacial score (nSPS) is 22.1. The van der Waals surface area contributed by atoms with Gasteiger partial charge in [0.2, 0.25) is 0 Å². The van der Waals surface area contributed by atoms with Crippen molar-refractivity contribution in [3.8, 4) is 0 Å². The second-order valence-corrected chi connectivity index (χ2v) is 6.45. The van der Waals surface area contributed by atoms with Gasteiger partial charge in [-0.2, -0.15) is 0 Å². The van der Waals surface area contributed by atoms with E-state index in [1.54, 1.807) is 18.2 Å². The number of benzene rings is 1. The maximum atomic E-state index is 13.7. The van der Waals surface area contributed by atoms with Crippen LogP contribution in [0.2, 0.25) is 0 Å². The number of hydrogen-bond donors (Lipinski definition) is 2. The third-order valence-corrected chi connectivity index (χ3v) is 3.49. The summed E-state index contributed by atoms with van der Waals surface area (Å²) in [7, 11) is 0. The van der Waals surface area contributed by atoms with Crippen LogP contribution in [0.4, 0.5) is 10.1 Å². The second kappa shape index (κ2) is 6.02. The number of esters is 1. The van der Waals surface area contributed by atoms with Crippen molar-refractivity contribution in [2.24, 2.45) is 0 Å². The minimum absolute atomic E-state index is 0.281. The third-order valence-electron chi connectivity index (χ3n) is 3.49. The predicted molar refractivity (Wildman–Crippen MR) is 80.7 cm³/mol. The monoisotopic (exact) mass is 294 g/mol. The van der Waals surface area contributed by atoms with E-state index in [1.807, 2.05) is 20.8 Å². The van der Waals surface area contributed by atoms with Crippen LogP contribution in [0.15, 0.2) is 24.3 Å². The van der Waals surface area contributed by atoms with Crippen LogP contribution < -0.4 is 10.6 Å². The van der Waals surface area contributed by atoms with Crippen molar-refractivity contribution < 1.29 is 13.9 Å². The zero-order chi connectivity index (χ0) is 15.5. The van der Waals surface area contributed by atoms with Crippen molar-refractivity contribution in [2.75, 3.05) is 18.4 Å². The molecule has 1 heterocycles. The molecule has 0 unspecified atom stereocenters. The molecule has 0 aromatic heterocycles. The molecule has 0 amide bonds. The maximum absolute atomic E-state index is 13.7. The fourth-order valence-electron chi connectivity index (χ4n) is 2.43. The van der Waals surface area contributed by atoms with Crippen molar-refractivity contribution in [1.29, 1.82) is 0 Å². The van der Waals surface area contributed by atoms with Crippen molar-refractivity contribution in [1.82, 2.24) is 5.32 Å². The number of halogens is 1. The summed E-state index contributed by atoms with van der Waals surface area (Å²) in [5.41, 5.74) is -0.920. The lowest BCUT2D eigenvalue weighted by molar-refractivity contribution is -0.162. The van der Waals surface area contributed by atoms with Crippen LogP contribution in [0.25, 0.3) is 0 Å². The molecule has 1 saturated heterocycles. The largest absolute Gasteiger partial charge is 0.459 e. The first-order valence-electron chi connectivity index (χ1n) is 7.29. The Hall–Kier alpha value is -1.62. The molecule has 1 atom stereocenters. The first kappa shape index (κ1) is 15.8. The van der Waals surface area contributed by atoms with Crippen LogP contribution >= 0.6 is 0 Å². The lowest BCUT2D eigenvalue weighted by atomic mass is 9.97. The Balaban J connectivity index is 2.08. The molecule has 1 aliphatic rings. The number of carbonyl (C=O) groups is 1. The molecule has 1 aromatic carbocycles. The smallest absolute Gasteiger partial charge is 0.328 e. The Labute approximate surface area is 125 Å². The van der Waals surface area contributed by atoms with Crippen molar-refractivity contribution in [2.45, 2.75) is 44.8 Å². The fourth-order valence-corrected chi connectivity index (χ4v) is 2.43. The number of para-hydroxylation sites is 1. The number of ether oxygens (including phenoxy) is 1. The van der Waals surface area contributed by atoms with Crippen LogP contribution in [0.3, 0.4) is 0 Å². The van der Waals surface area contributed by atoms with Gasteiger partial charge < -0.3 is 15.4 Å². The lowest BCUT2D eigenvalue weighted by Gasteiger charge is -2.31. The van der Waals surface area contributed by atoms with E-state index >= 15 is 0 Å². The van der Waals surface area contributed by atoms with E-state index in [-0.39, 0.29) is 11.8 Å². The number of hydrogen-bond acceptors (Lipinski definition) is 4. The second-order valence-electron chi connectivity index (χ2n) is 6.45. The van der Waals surface area contributed by atoms with Gasteiger partial charge in [-0.25, -0.2) is 9.18 Å². The van der Waals surface area contributed by atoms with E-state index in [9.17, 15) is 9.18 Å². The molecule has 4 nitrogen and oxygen atoms in total. The van der Waals surface area contributed by atoms with Crippen LogP contribution in [0.1, 0.15) is 33.6 Å². The van der Waals surface area contributed by atoms with Gasteiger partial charge in [0, 0.05) is 6.54 Å². The van der Waals surface area contributed by atoms with Gasteiger partial charge in [-0.15, -0.1) is 0 Å². The summed E-state index contributed by atoms with van der Waals surface area (Å²) in [6.45, 7) is 6.61. The molecule has 2 N–H and O–H groups in total. The minimum Gasteiger partial charge on any atom is -0.459 e. The molecule has 116 valence electrons. The average Bonchev–Trinajstić information content (AvgIpc) is 2.86. The Morgan fingerprint density at radius 1 is 1.43 bits per heavy atom. The van der Waals surface area contributed by atoms with Crippen LogP contribution in [-0.2, 0) is 9.53 Å². The van der Waals surface area contributed by atoms with E-state index in [0.29, 0.717) is 18.7 Å². The van der Waals surface area contributed by atoms with E-state index in [1.165, 1.54) is 6.07 Å². The molecular weight excluding hydrogens is 271 g/mol. The van der Waals surface area contributed by atoms with E-state index in [0.717, 1.165) is 13.0 Å². The number of nitrogens with one attached hydrogen (secondary N) is 2. The minimum atomic E-state index is -0.782. The van der Waals surface area contributed by atoms with Gasteiger partial charge in [0.05, 0.1) is 5.69 Å². The number of carbonyl (C=O) groups excluding carboxylic acids is 1. The van der Waals surface area contributed by atoms with Crippen LogP contribution in [0.5, 0.6) is 0 Å². The maximum Gasteiger partial charge on any atom is 0.328 e. The topological polar surface area (TPSA) is 50.4 Å². The molecule has 1 aliphatic heterocycles. The molecule has 5 heteroatoms. The third kappa shape index (κ3) is 3.94. The fraction of sp³-hybridized carbons (Fsp3) is 0.562. The number of rotatable bonds is 4. The van der Waals surface area contributed by atoms with Gasteiger partial charge in [-0.3, -0.25) is 0 Å². The van der Waals surface area contributed by atoms with Gasteiger partial charge in [0.25, 0.3) is 0 Å². The molecule has 0 bridgehead atoms. The van der Waals surface area contributed by atoms with Crippen molar-refractivity contribution in [3.05, 3.63) is 30.1 Å². The highest BCUT2D eigenvalue weighted by Crippen LogP contribution is 2.25. The Bertz CT molecular complexity index is 505. The highest BCUT2D eigenvalue weighted by molar-refractivity contribution is 5.82. The van der Waals surface area contributed by atoms with Gasteiger partial charge >= 0.3 is 5.97 Å². The lowest BCUT2D eigenvalue weighted by Crippen LogP contribution is -2.55. The standard InChI is InChI=1S/C16H23FN2O2/c1-15(2,3)21-14(20)16(9-6-10-19-16)11-18-13-8-5-4-7-12(13)17/h4-5,7-8,18-19H,6,9-11H2,1-3H3/t16-/m1/s1. The molecule has 0 spiro atoms. The molecule has 21 heavy (non-hydrogen) atoms. The SMILES string of the molecule is CC(C)(C)OC(=O)[C@]1(CNc2ccccc2F)CCCN1. The Kier molecular flexibility index (Phi) is 4.52. The van der Waals surface area contributed by atoms with E-state index < -0.39 is 11.1 Å². The molecular formula is C16H23FN2O2. The van der Waals surface area contributed by atoms with E-state index in [4.69, 9.17) is 4.74 Å². The first-order valence-corrected chi connectivity index (χ1v) is 7.29. The first-order chi connectivity index (χ1) is 9.82. The quantitative estimate of drug-likeness (QED) is 0.838. The summed E-state index contributed by atoms with van der Waals surface area (Å²) in [5.74, 6) is -0.605. The summed E-state index contributed by atoms with van der Waals surface area (Å²) < 4.78 is 19.2. The highest BCUT2D eigenvalue weighted by Gasteiger charge is 2.43. The number of anilines is 1. The Morgan fingerprint density at radius 3 is 2.71 bits per heavy atom. The zero-order valence-electron chi connectivity index (χ0n) is 12.8. The summed E-state index contributed by atoms with van der Waals surface area (Å²) >= 11 is 0. The summed E-state index contributed by atoms with van der Waals surface area (Å²) in [4.78, 5) is 12.5. The molecule has 0 saturated carbocycles. The van der Waals surface area contributed by atoms with Gasteiger partial charge in [-0.05, 0) is 52.3 Å². The molecule has 0 radical (unpaired) electrons. The summed E-state index contributed by atoms with van der Waals surface area (Å²) in [6, 6.07) is 6.45. The summed E-state index contributed by atoms with van der Waals surface area (Å²) in [6.07, 6.45) is 1.58. The molecule has 2 rings (SSSR count). The zero-order valence-corrected chi connectivity index (χ0v) is 12.8. The highest BCUT2D eigenvalue weighted by atomic mass is 19.1. The Morgan fingerprint density at radius 2 is 2.14 bits per heavy atom.